The molecular weight excluding hydrogens is 278 g/mol. The van der Waals surface area contributed by atoms with E-state index in [1.165, 1.54) is 66.7 Å². The molecule has 120 valence electrons. The summed E-state index contributed by atoms with van der Waals surface area (Å²) < 4.78 is 0. The third-order valence-electron chi connectivity index (χ3n) is 5.87. The summed E-state index contributed by atoms with van der Waals surface area (Å²) in [6.07, 6.45) is 0. The first-order valence-corrected chi connectivity index (χ1v) is 8.41. The van der Waals surface area contributed by atoms with E-state index in [2.05, 4.69) is 72.5 Å². The molecule has 0 unspecified atom stereocenters. The second-order valence-corrected chi connectivity index (χ2v) is 7.07. The van der Waals surface area contributed by atoms with E-state index in [1.54, 1.807) is 0 Å². The zero-order chi connectivity index (χ0) is 17.0. The maximum atomic E-state index is 3.74. The summed E-state index contributed by atoms with van der Waals surface area (Å²) in [5, 5.41) is 1.38. The molecule has 0 aliphatic heterocycles. The molecule has 0 amide bonds. The molecule has 2 aromatic carbocycles. The average Bonchev–Trinajstić information content (AvgIpc) is 2.86. The lowest BCUT2D eigenvalue weighted by Crippen LogP contribution is -2.00. The molecule has 0 fully saturated rings. The summed E-state index contributed by atoms with van der Waals surface area (Å²) in [4.78, 5) is 3.74. The Morgan fingerprint density at radius 3 is 1.57 bits per heavy atom. The van der Waals surface area contributed by atoms with Crippen molar-refractivity contribution in [1.82, 2.24) is 4.98 Å². The predicted octanol–water partition coefficient (Wildman–Crippen LogP) is 6.30. The quantitative estimate of drug-likeness (QED) is 0.543. The zero-order valence-corrected chi connectivity index (χ0v) is 15.7. The van der Waals surface area contributed by atoms with E-state index >= 15 is 0 Å². The second kappa shape index (κ2) is 5.26. The van der Waals surface area contributed by atoms with Crippen molar-refractivity contribution in [3.8, 4) is 11.3 Å². The summed E-state index contributed by atoms with van der Waals surface area (Å²) in [6.45, 7) is 17.9. The number of aromatic nitrogens is 1. The Morgan fingerprint density at radius 1 is 0.565 bits per heavy atom. The number of aromatic amines is 1. The molecule has 0 saturated heterocycles. The first kappa shape index (κ1) is 15.9. The molecule has 0 aliphatic carbocycles. The highest BCUT2D eigenvalue weighted by Gasteiger charge is 2.19. The van der Waals surface area contributed by atoms with Gasteiger partial charge >= 0.3 is 0 Å². The summed E-state index contributed by atoms with van der Waals surface area (Å²) in [6, 6.07) is 4.44. The Morgan fingerprint density at radius 2 is 1.04 bits per heavy atom. The molecule has 0 spiro atoms. The Labute approximate surface area is 139 Å². The Hall–Kier alpha value is -2.02. The lowest BCUT2D eigenvalue weighted by atomic mass is 9.87. The van der Waals surface area contributed by atoms with Gasteiger partial charge in [-0.3, -0.25) is 0 Å². The van der Waals surface area contributed by atoms with Crippen LogP contribution in [0.25, 0.3) is 22.2 Å². The van der Waals surface area contributed by atoms with Crippen LogP contribution in [-0.4, -0.2) is 4.98 Å². The van der Waals surface area contributed by atoms with Gasteiger partial charge in [-0.2, -0.15) is 0 Å². The zero-order valence-electron chi connectivity index (χ0n) is 15.7. The molecule has 1 heterocycles. The Bertz CT molecular complexity index is 910. The SMILES string of the molecule is Cc1c(C)c(C)c(-c2[nH]c3c(C)ccc(C)c3c2C)c(C)c1C. The highest BCUT2D eigenvalue weighted by Crippen LogP contribution is 2.39. The monoisotopic (exact) mass is 305 g/mol. The lowest BCUT2D eigenvalue weighted by molar-refractivity contribution is 1.17. The number of fused-ring (bicyclic) bond motifs is 1. The number of hydrogen-bond acceptors (Lipinski definition) is 0. The topological polar surface area (TPSA) is 15.8 Å². The normalized spacial score (nSPS) is 11.5. The Balaban J connectivity index is 2.46. The maximum absolute atomic E-state index is 3.74. The van der Waals surface area contributed by atoms with E-state index in [1.807, 2.05) is 0 Å². The number of aryl methyl sites for hydroxylation is 3. The largest absolute Gasteiger partial charge is 0.354 e. The van der Waals surface area contributed by atoms with Gasteiger partial charge in [0.05, 0.1) is 0 Å². The van der Waals surface area contributed by atoms with Crippen LogP contribution in [0.1, 0.15) is 44.5 Å². The van der Waals surface area contributed by atoms with Crippen LogP contribution in [0.5, 0.6) is 0 Å². The number of H-pyrrole nitrogens is 1. The van der Waals surface area contributed by atoms with Crippen LogP contribution in [0.3, 0.4) is 0 Å². The smallest absolute Gasteiger partial charge is 0.0500 e. The van der Waals surface area contributed by atoms with E-state index in [0.29, 0.717) is 0 Å². The molecule has 0 aliphatic rings. The number of nitrogens with one attached hydrogen (secondary N) is 1. The van der Waals surface area contributed by atoms with E-state index in [9.17, 15) is 0 Å². The van der Waals surface area contributed by atoms with Gasteiger partial charge < -0.3 is 4.98 Å². The fourth-order valence-corrected chi connectivity index (χ4v) is 3.92. The summed E-state index contributed by atoms with van der Waals surface area (Å²) in [5.74, 6) is 0. The van der Waals surface area contributed by atoms with E-state index < -0.39 is 0 Å². The molecule has 0 saturated carbocycles. The van der Waals surface area contributed by atoms with Crippen LogP contribution in [-0.2, 0) is 0 Å². The van der Waals surface area contributed by atoms with Gasteiger partial charge in [-0.1, -0.05) is 12.1 Å². The molecule has 0 radical (unpaired) electrons. The van der Waals surface area contributed by atoms with Gasteiger partial charge in [0.2, 0.25) is 0 Å². The first-order chi connectivity index (χ1) is 10.8. The molecule has 23 heavy (non-hydrogen) atoms. The number of hydrogen-bond donors (Lipinski definition) is 1. The highest BCUT2D eigenvalue weighted by molar-refractivity contribution is 5.95. The highest BCUT2D eigenvalue weighted by atomic mass is 14.7. The molecule has 1 heteroatoms. The van der Waals surface area contributed by atoms with Gasteiger partial charge in [0, 0.05) is 22.2 Å². The molecule has 0 atom stereocenters. The molecule has 3 rings (SSSR count). The first-order valence-electron chi connectivity index (χ1n) is 8.41. The van der Waals surface area contributed by atoms with E-state index in [-0.39, 0.29) is 0 Å². The number of benzene rings is 2. The van der Waals surface area contributed by atoms with Crippen molar-refractivity contribution in [3.63, 3.8) is 0 Å². The molecule has 1 N–H and O–H groups in total. The van der Waals surface area contributed by atoms with Crippen LogP contribution < -0.4 is 0 Å². The van der Waals surface area contributed by atoms with Crippen molar-refractivity contribution < 1.29 is 0 Å². The average molecular weight is 305 g/mol. The van der Waals surface area contributed by atoms with Gasteiger partial charge in [-0.25, -0.2) is 0 Å². The number of rotatable bonds is 1. The van der Waals surface area contributed by atoms with Gasteiger partial charge in [0.15, 0.2) is 0 Å². The van der Waals surface area contributed by atoms with Gasteiger partial charge in [-0.05, 0) is 99.9 Å². The van der Waals surface area contributed by atoms with Crippen molar-refractivity contribution in [2.75, 3.05) is 0 Å². The summed E-state index contributed by atoms with van der Waals surface area (Å²) >= 11 is 0. The second-order valence-electron chi connectivity index (χ2n) is 7.07. The molecule has 3 aromatic rings. The molecular formula is C22H27N. The van der Waals surface area contributed by atoms with Crippen LogP contribution in [0.2, 0.25) is 0 Å². The Kier molecular flexibility index (Phi) is 3.63. The van der Waals surface area contributed by atoms with Crippen molar-refractivity contribution in [2.45, 2.75) is 55.4 Å². The van der Waals surface area contributed by atoms with Crippen LogP contribution in [0, 0.1) is 55.4 Å². The minimum Gasteiger partial charge on any atom is -0.354 e. The van der Waals surface area contributed by atoms with Crippen molar-refractivity contribution in [2.24, 2.45) is 0 Å². The fourth-order valence-electron chi connectivity index (χ4n) is 3.92. The van der Waals surface area contributed by atoms with Gasteiger partial charge in [0.1, 0.15) is 0 Å². The van der Waals surface area contributed by atoms with Crippen LogP contribution in [0.15, 0.2) is 12.1 Å². The van der Waals surface area contributed by atoms with Gasteiger partial charge in [0.25, 0.3) is 0 Å². The van der Waals surface area contributed by atoms with E-state index in [0.717, 1.165) is 0 Å². The minimum absolute atomic E-state index is 1.28. The molecule has 0 bridgehead atoms. The third kappa shape index (κ3) is 2.14. The standard InChI is InChI=1S/C22H27N/c1-11-9-10-12(2)21-19(11)18(8)22(23-21)20-16(6)14(4)13(3)15(5)17(20)7/h9-10,23H,1-8H3. The molecule has 1 nitrogen and oxygen atoms in total. The van der Waals surface area contributed by atoms with Crippen LogP contribution >= 0.6 is 0 Å². The summed E-state index contributed by atoms with van der Waals surface area (Å²) in [5.41, 5.74) is 15.0. The summed E-state index contributed by atoms with van der Waals surface area (Å²) in [7, 11) is 0. The fraction of sp³-hybridized carbons (Fsp3) is 0.364. The van der Waals surface area contributed by atoms with Crippen molar-refractivity contribution >= 4 is 10.9 Å². The molecule has 1 aromatic heterocycles. The van der Waals surface area contributed by atoms with Crippen LogP contribution in [0.4, 0.5) is 0 Å². The van der Waals surface area contributed by atoms with Crippen molar-refractivity contribution in [3.05, 3.63) is 56.6 Å². The maximum Gasteiger partial charge on any atom is 0.0500 e. The third-order valence-corrected chi connectivity index (χ3v) is 5.87. The minimum atomic E-state index is 1.28. The predicted molar refractivity (Wildman–Crippen MR) is 102 cm³/mol. The lowest BCUT2D eigenvalue weighted by Gasteiger charge is -2.18. The van der Waals surface area contributed by atoms with Crippen molar-refractivity contribution in [1.29, 1.82) is 0 Å². The van der Waals surface area contributed by atoms with E-state index in [4.69, 9.17) is 0 Å². The van der Waals surface area contributed by atoms with Gasteiger partial charge in [-0.15, -0.1) is 0 Å².